The number of hydrogen-bond donors (Lipinski definition) is 0. The molecule has 0 aliphatic heterocycles. The number of hydrogen-bond acceptors (Lipinski definition) is 0. The van der Waals surface area contributed by atoms with Crippen LogP contribution in [0.25, 0.3) is 11.1 Å². The second kappa shape index (κ2) is 9.88. The molecule has 1 unspecified atom stereocenters. The van der Waals surface area contributed by atoms with Crippen molar-refractivity contribution in [3.8, 4) is 11.1 Å². The fourth-order valence-electron chi connectivity index (χ4n) is 4.52. The van der Waals surface area contributed by atoms with Crippen LogP contribution in [0.4, 0.5) is 0 Å². The third-order valence-electron chi connectivity index (χ3n) is 5.59. The van der Waals surface area contributed by atoms with Crippen LogP contribution in [0.3, 0.4) is 0 Å². The third-order valence-corrected chi connectivity index (χ3v) is 25.5. The molecule has 141 valence electrons. The van der Waals surface area contributed by atoms with E-state index in [1.165, 1.54) is 29.5 Å². The summed E-state index contributed by atoms with van der Waals surface area (Å²) in [4.78, 5) is 0. The summed E-state index contributed by atoms with van der Waals surface area (Å²) in [5, 5.41) is 0. The molecule has 0 heterocycles. The van der Waals surface area contributed by atoms with Crippen molar-refractivity contribution in [3.05, 3.63) is 77.4 Å². The molecule has 0 radical (unpaired) electrons. The van der Waals surface area contributed by atoms with Crippen LogP contribution < -0.4 is 28.1 Å². The molecule has 4 heteroatoms. The van der Waals surface area contributed by atoms with Gasteiger partial charge in [0.15, 0.2) is 0 Å². The van der Waals surface area contributed by atoms with Crippen molar-refractivity contribution in [2.24, 2.45) is 0 Å². The van der Waals surface area contributed by atoms with Crippen molar-refractivity contribution in [2.45, 2.75) is 42.9 Å². The van der Waals surface area contributed by atoms with Crippen molar-refractivity contribution < 1.29 is 45.7 Å². The maximum absolute atomic E-state index is 2.65. The van der Waals surface area contributed by atoms with Gasteiger partial charge in [0.2, 0.25) is 0 Å². The molecule has 4 rings (SSSR count). The first-order valence-electron chi connectivity index (χ1n) is 9.65. The average Bonchev–Trinajstić information content (AvgIpc) is 3.20. The Kier molecular flexibility index (Phi) is 8.37. The van der Waals surface area contributed by atoms with Gasteiger partial charge < -0.3 is 24.8 Å². The van der Waals surface area contributed by atoms with E-state index in [1.807, 2.05) is 3.27 Å². The molecule has 0 fully saturated rings. The molecule has 27 heavy (non-hydrogen) atoms. The molecule has 0 N–H and O–H groups in total. The number of halogens is 2. The molecule has 0 bridgehead atoms. The maximum Gasteiger partial charge on any atom is -1.00 e. The molecule has 2 aromatic carbocycles. The normalized spacial score (nSPS) is 16.3. The molecule has 0 amide bonds. The van der Waals surface area contributed by atoms with Crippen LogP contribution in [-0.4, -0.2) is 5.92 Å². The van der Waals surface area contributed by atoms with Gasteiger partial charge in [0.05, 0.1) is 0 Å². The molecule has 2 aliphatic rings. The number of rotatable bonds is 5. The number of allylic oxidation sites excluding steroid dienone is 4. The zero-order valence-electron chi connectivity index (χ0n) is 16.3. The van der Waals surface area contributed by atoms with E-state index in [9.17, 15) is 0 Å². The first kappa shape index (κ1) is 22.9. The standard InChI is InChI=1S/C13H9.C8H11.C2H7Si.2ClH.Zr/c1-3-7-12-10(5-1)9-11-6-2-4-8-13(11)12;1-2-5-8-6-3-4-7-8;1-3-2;;;/h1-5,7-8H,9H2;3-4,6-7H,2,5H2,1H3;3H,1-2H3;2*1H;/q;;;;;+2/p-2. The predicted octanol–water partition coefficient (Wildman–Crippen LogP) is -0.422. The van der Waals surface area contributed by atoms with Crippen molar-refractivity contribution in [3.63, 3.8) is 0 Å². The molecule has 0 spiro atoms. The van der Waals surface area contributed by atoms with Gasteiger partial charge in [-0.1, -0.05) is 0 Å². The molecular formula is C23H27Cl2SiZr. The summed E-state index contributed by atoms with van der Waals surface area (Å²) in [6.45, 7) is 7.51. The van der Waals surface area contributed by atoms with Crippen LogP contribution in [0.1, 0.15) is 30.9 Å². The van der Waals surface area contributed by atoms with Gasteiger partial charge in [-0.2, -0.15) is 0 Å². The molecule has 0 saturated heterocycles. The minimum absolute atomic E-state index is 0. The summed E-state index contributed by atoms with van der Waals surface area (Å²) in [5.41, 5.74) is 7.82. The van der Waals surface area contributed by atoms with Crippen LogP contribution in [0, 0.1) is 0 Å². The summed E-state index contributed by atoms with van der Waals surface area (Å²) in [7, 11) is 0. The predicted molar refractivity (Wildman–Crippen MR) is 109 cm³/mol. The first-order valence-corrected chi connectivity index (χ1v) is 19.4. The fraction of sp³-hybridized carbons (Fsp3) is 0.304. The SMILES string of the molecule is CCCC1=C[CH]([Zr+2]([c]2cccc3c2Cc2ccccc2-3)[SiH](C)C)C=C1.[Cl-].[Cl-]. The van der Waals surface area contributed by atoms with E-state index in [0.717, 1.165) is 10.0 Å². The Balaban J connectivity index is 0.00000131. The minimum atomic E-state index is -1.68. The van der Waals surface area contributed by atoms with Gasteiger partial charge in [-0.25, -0.2) is 0 Å². The van der Waals surface area contributed by atoms with Gasteiger partial charge in [-0.3, -0.25) is 0 Å². The Morgan fingerprint density at radius 2 is 1.74 bits per heavy atom. The molecule has 0 aromatic heterocycles. The Morgan fingerprint density at radius 3 is 2.48 bits per heavy atom. The Bertz CT molecular complexity index is 857. The minimum Gasteiger partial charge on any atom is -1.00 e. The zero-order chi connectivity index (χ0) is 17.4. The van der Waals surface area contributed by atoms with Crippen LogP contribution in [0.5, 0.6) is 0 Å². The van der Waals surface area contributed by atoms with Gasteiger partial charge >= 0.3 is 162 Å². The van der Waals surface area contributed by atoms with Crippen molar-refractivity contribution >= 4 is 9.19 Å². The van der Waals surface area contributed by atoms with Gasteiger partial charge in [-0.05, 0) is 0 Å². The van der Waals surface area contributed by atoms with Gasteiger partial charge in [0.25, 0.3) is 0 Å². The van der Waals surface area contributed by atoms with E-state index in [4.69, 9.17) is 0 Å². The first-order chi connectivity index (χ1) is 12.2. The molecule has 1 atom stereocenters. The molecule has 0 nitrogen and oxygen atoms in total. The van der Waals surface area contributed by atoms with Crippen LogP contribution in [0.2, 0.25) is 16.7 Å². The second-order valence-corrected chi connectivity index (χ2v) is 27.4. The van der Waals surface area contributed by atoms with Crippen LogP contribution >= 0.6 is 0 Å². The van der Waals surface area contributed by atoms with E-state index in [1.54, 1.807) is 11.1 Å². The number of benzene rings is 2. The summed E-state index contributed by atoms with van der Waals surface area (Å²) >= 11 is -1.68. The smallest absolute Gasteiger partial charge is 1.00 e. The zero-order valence-corrected chi connectivity index (χ0v) is 21.4. The monoisotopic (exact) mass is 491 g/mol. The van der Waals surface area contributed by atoms with E-state index in [0.29, 0.717) is 0 Å². The van der Waals surface area contributed by atoms with Crippen molar-refractivity contribution in [1.29, 1.82) is 0 Å². The Morgan fingerprint density at radius 1 is 1.00 bits per heavy atom. The van der Waals surface area contributed by atoms with E-state index >= 15 is 0 Å². The third kappa shape index (κ3) is 4.45. The molecule has 2 aliphatic carbocycles. The molecular weight excluding hydrogens is 466 g/mol. The van der Waals surface area contributed by atoms with E-state index in [2.05, 4.69) is 80.7 Å². The molecule has 0 saturated carbocycles. The summed E-state index contributed by atoms with van der Waals surface area (Å²) in [6.07, 6.45) is 11.3. The van der Waals surface area contributed by atoms with Crippen LogP contribution in [0.15, 0.2) is 66.3 Å². The van der Waals surface area contributed by atoms with Crippen molar-refractivity contribution in [1.82, 2.24) is 0 Å². The molecule has 2 aromatic rings. The topological polar surface area (TPSA) is 0 Å². The quantitative estimate of drug-likeness (QED) is 0.424. The Labute approximate surface area is 185 Å². The largest absolute Gasteiger partial charge is 1.00 e. The van der Waals surface area contributed by atoms with Gasteiger partial charge in [0, 0.05) is 0 Å². The van der Waals surface area contributed by atoms with Crippen molar-refractivity contribution in [2.75, 3.05) is 0 Å². The fourth-order valence-corrected chi connectivity index (χ4v) is 23.7. The van der Waals surface area contributed by atoms with Gasteiger partial charge in [0.1, 0.15) is 0 Å². The van der Waals surface area contributed by atoms with Gasteiger partial charge in [-0.15, -0.1) is 0 Å². The van der Waals surface area contributed by atoms with Crippen LogP contribution in [-0.2, 0) is 27.3 Å². The summed E-state index contributed by atoms with van der Waals surface area (Å²) in [6, 6.07) is 16.2. The average molecular weight is 494 g/mol. The maximum atomic E-state index is 2.65. The Hall–Kier alpha value is -0.400. The summed E-state index contributed by atoms with van der Waals surface area (Å²) < 4.78 is 2.62. The summed E-state index contributed by atoms with van der Waals surface area (Å²) in [5.74, 6) is -0.644. The van der Waals surface area contributed by atoms with E-state index in [-0.39, 0.29) is 24.8 Å². The van der Waals surface area contributed by atoms with E-state index < -0.39 is 26.8 Å². The second-order valence-electron chi connectivity index (χ2n) is 7.65. The number of fused-ring (bicyclic) bond motifs is 3.